The Morgan fingerprint density at radius 1 is 1.43 bits per heavy atom. The van der Waals surface area contributed by atoms with Gasteiger partial charge in [0.1, 0.15) is 0 Å². The van der Waals surface area contributed by atoms with Gasteiger partial charge in [-0.2, -0.15) is 0 Å². The van der Waals surface area contributed by atoms with Gasteiger partial charge in [-0.3, -0.25) is 0 Å². The van der Waals surface area contributed by atoms with E-state index in [9.17, 15) is 13.2 Å². The van der Waals surface area contributed by atoms with Crippen molar-refractivity contribution < 1.29 is 22.7 Å². The first-order valence-corrected chi connectivity index (χ1v) is 8.17. The Kier molecular flexibility index (Phi) is 4.65. The van der Waals surface area contributed by atoms with E-state index in [4.69, 9.17) is 4.74 Å². The van der Waals surface area contributed by atoms with Crippen molar-refractivity contribution in [1.29, 1.82) is 0 Å². The maximum absolute atomic E-state index is 12.4. The quantitative estimate of drug-likeness (QED) is 0.829. The number of methoxy groups -OCH3 is 1. The molecular formula is C14H19NO5S. The maximum Gasteiger partial charge on any atom is 0.339 e. The summed E-state index contributed by atoms with van der Waals surface area (Å²) in [6.07, 6.45) is 1.71. The highest BCUT2D eigenvalue weighted by Crippen LogP contribution is 2.25. The molecule has 1 fully saturated rings. The molecule has 2 rings (SSSR count). The Hall–Kier alpha value is -1.44. The van der Waals surface area contributed by atoms with Gasteiger partial charge in [-0.15, -0.1) is 0 Å². The predicted molar refractivity (Wildman–Crippen MR) is 76.6 cm³/mol. The maximum atomic E-state index is 12.4. The van der Waals surface area contributed by atoms with Crippen LogP contribution in [0.4, 0.5) is 0 Å². The van der Waals surface area contributed by atoms with Gasteiger partial charge in [0.15, 0.2) is 0 Å². The average molecular weight is 313 g/mol. The summed E-state index contributed by atoms with van der Waals surface area (Å²) in [6.45, 7) is 2.68. The molecule has 21 heavy (non-hydrogen) atoms. The zero-order chi connectivity index (χ0) is 15.5. The number of carbonyl (C=O) groups is 1. The molecule has 1 aliphatic heterocycles. The van der Waals surface area contributed by atoms with Crippen LogP contribution in [0.25, 0.3) is 0 Å². The molecule has 1 aromatic carbocycles. The van der Waals surface area contributed by atoms with Crippen LogP contribution < -0.4 is 4.72 Å². The Morgan fingerprint density at radius 3 is 2.76 bits per heavy atom. The summed E-state index contributed by atoms with van der Waals surface area (Å²) in [6, 6.07) is 5.96. The van der Waals surface area contributed by atoms with E-state index >= 15 is 0 Å². The van der Waals surface area contributed by atoms with E-state index in [1.165, 1.54) is 19.2 Å². The van der Waals surface area contributed by atoms with E-state index < -0.39 is 21.6 Å². The third-order valence-corrected chi connectivity index (χ3v) is 4.98. The van der Waals surface area contributed by atoms with Crippen LogP contribution in [0.3, 0.4) is 0 Å². The molecule has 7 heteroatoms. The van der Waals surface area contributed by atoms with Gasteiger partial charge in [0.2, 0.25) is 10.0 Å². The summed E-state index contributed by atoms with van der Waals surface area (Å²) in [5.74, 6) is -0.681. The van der Waals surface area contributed by atoms with E-state index in [-0.39, 0.29) is 17.0 Å². The summed E-state index contributed by atoms with van der Waals surface area (Å²) in [4.78, 5) is 11.6. The van der Waals surface area contributed by atoms with Crippen molar-refractivity contribution in [3.8, 4) is 0 Å². The van der Waals surface area contributed by atoms with Gasteiger partial charge in [-0.05, 0) is 31.9 Å². The zero-order valence-electron chi connectivity index (χ0n) is 12.1. The van der Waals surface area contributed by atoms with E-state index in [0.29, 0.717) is 6.61 Å². The predicted octanol–water partition coefficient (Wildman–Crippen LogP) is 1.32. The van der Waals surface area contributed by atoms with Crippen LogP contribution in [0.5, 0.6) is 0 Å². The van der Waals surface area contributed by atoms with E-state index in [1.54, 1.807) is 12.1 Å². The van der Waals surface area contributed by atoms with Crippen LogP contribution in [-0.2, 0) is 19.5 Å². The third-order valence-electron chi connectivity index (χ3n) is 3.52. The molecule has 1 unspecified atom stereocenters. The molecule has 1 atom stereocenters. The molecule has 0 saturated carbocycles. The minimum Gasteiger partial charge on any atom is -0.465 e. The molecule has 1 N–H and O–H groups in total. The topological polar surface area (TPSA) is 81.7 Å². The van der Waals surface area contributed by atoms with Crippen molar-refractivity contribution in [3.63, 3.8) is 0 Å². The van der Waals surface area contributed by atoms with Crippen molar-refractivity contribution in [2.24, 2.45) is 0 Å². The molecule has 1 aromatic rings. The van der Waals surface area contributed by atoms with Crippen LogP contribution in [0.2, 0.25) is 0 Å². The molecule has 1 saturated heterocycles. The van der Waals surface area contributed by atoms with Crippen LogP contribution >= 0.6 is 0 Å². The van der Waals surface area contributed by atoms with Gasteiger partial charge in [0.05, 0.1) is 23.2 Å². The standard InChI is InChI=1S/C14H19NO5S/c1-14(8-5-9-20-14)10-15-21(17,18)12-7-4-3-6-11(12)13(16)19-2/h3-4,6-7,15H,5,8-10H2,1-2H3. The number of sulfonamides is 1. The number of hydrogen-bond donors (Lipinski definition) is 1. The first-order valence-electron chi connectivity index (χ1n) is 6.69. The molecule has 6 nitrogen and oxygen atoms in total. The Morgan fingerprint density at radius 2 is 2.14 bits per heavy atom. The number of hydrogen-bond acceptors (Lipinski definition) is 5. The van der Waals surface area contributed by atoms with Crippen molar-refractivity contribution in [3.05, 3.63) is 29.8 Å². The molecule has 0 spiro atoms. The molecule has 0 aliphatic carbocycles. The first-order chi connectivity index (χ1) is 9.88. The molecule has 1 heterocycles. The van der Waals surface area contributed by atoms with E-state index in [2.05, 4.69) is 9.46 Å². The normalized spacial score (nSPS) is 22.2. The summed E-state index contributed by atoms with van der Waals surface area (Å²) < 4.78 is 37.5. The lowest BCUT2D eigenvalue weighted by Crippen LogP contribution is -2.40. The molecule has 0 amide bonds. The Labute approximate surface area is 124 Å². The molecule has 1 aliphatic rings. The minimum absolute atomic E-state index is 0.0185. The largest absolute Gasteiger partial charge is 0.465 e. The molecular weight excluding hydrogens is 294 g/mol. The number of esters is 1. The fourth-order valence-electron chi connectivity index (χ4n) is 2.28. The molecule has 0 bridgehead atoms. The summed E-state index contributed by atoms with van der Waals surface area (Å²) in [7, 11) is -2.59. The Bertz CT molecular complexity index is 620. The average Bonchev–Trinajstić information content (AvgIpc) is 2.92. The van der Waals surface area contributed by atoms with Gasteiger partial charge in [-0.1, -0.05) is 12.1 Å². The van der Waals surface area contributed by atoms with E-state index in [1.807, 2.05) is 6.92 Å². The monoisotopic (exact) mass is 313 g/mol. The second-order valence-corrected chi connectivity index (χ2v) is 6.95. The van der Waals surface area contributed by atoms with Crippen molar-refractivity contribution in [2.75, 3.05) is 20.3 Å². The highest BCUT2D eigenvalue weighted by molar-refractivity contribution is 7.89. The second kappa shape index (κ2) is 6.13. The van der Waals surface area contributed by atoms with Crippen molar-refractivity contribution in [2.45, 2.75) is 30.3 Å². The fraction of sp³-hybridized carbons (Fsp3) is 0.500. The van der Waals surface area contributed by atoms with Crippen LogP contribution in [-0.4, -0.2) is 40.2 Å². The van der Waals surface area contributed by atoms with Gasteiger partial charge in [0, 0.05) is 13.2 Å². The zero-order valence-corrected chi connectivity index (χ0v) is 12.9. The van der Waals surface area contributed by atoms with Gasteiger partial charge >= 0.3 is 5.97 Å². The van der Waals surface area contributed by atoms with Crippen LogP contribution in [0, 0.1) is 0 Å². The van der Waals surface area contributed by atoms with Gasteiger partial charge < -0.3 is 9.47 Å². The molecule has 0 aromatic heterocycles. The SMILES string of the molecule is COC(=O)c1ccccc1S(=O)(=O)NCC1(C)CCCO1. The van der Waals surface area contributed by atoms with Crippen molar-refractivity contribution >= 4 is 16.0 Å². The lowest BCUT2D eigenvalue weighted by atomic mass is 10.0. The molecule has 116 valence electrons. The highest BCUT2D eigenvalue weighted by atomic mass is 32.2. The van der Waals surface area contributed by atoms with Gasteiger partial charge in [-0.25, -0.2) is 17.9 Å². The summed E-state index contributed by atoms with van der Waals surface area (Å²) in [5.41, 5.74) is -0.474. The number of carbonyl (C=O) groups excluding carboxylic acids is 1. The summed E-state index contributed by atoms with van der Waals surface area (Å²) >= 11 is 0. The highest BCUT2D eigenvalue weighted by Gasteiger charge is 2.32. The van der Waals surface area contributed by atoms with Gasteiger partial charge in [0.25, 0.3) is 0 Å². The fourth-order valence-corrected chi connectivity index (χ4v) is 3.63. The first kappa shape index (κ1) is 15.9. The lowest BCUT2D eigenvalue weighted by molar-refractivity contribution is 0.0250. The number of nitrogens with one attached hydrogen (secondary N) is 1. The van der Waals surface area contributed by atoms with Crippen LogP contribution in [0.1, 0.15) is 30.1 Å². The second-order valence-electron chi connectivity index (χ2n) is 5.21. The van der Waals surface area contributed by atoms with Crippen LogP contribution in [0.15, 0.2) is 29.2 Å². The summed E-state index contributed by atoms with van der Waals surface area (Å²) in [5, 5.41) is 0. The Balaban J connectivity index is 2.22. The smallest absolute Gasteiger partial charge is 0.339 e. The lowest BCUT2D eigenvalue weighted by Gasteiger charge is -2.23. The van der Waals surface area contributed by atoms with Crippen molar-refractivity contribution in [1.82, 2.24) is 4.72 Å². The molecule has 0 radical (unpaired) electrons. The number of rotatable bonds is 5. The minimum atomic E-state index is -3.80. The number of benzene rings is 1. The number of ether oxygens (including phenoxy) is 2. The van der Waals surface area contributed by atoms with E-state index in [0.717, 1.165) is 12.8 Å². The third kappa shape index (κ3) is 3.61.